The number of benzene rings is 1. The van der Waals surface area contributed by atoms with Gasteiger partial charge >= 0.3 is 0 Å². The number of hydrogen-bond donors (Lipinski definition) is 1. The van der Waals surface area contributed by atoms with Gasteiger partial charge in [-0.3, -0.25) is 14.9 Å². The van der Waals surface area contributed by atoms with Crippen LogP contribution in [0.25, 0.3) is 21.9 Å². The van der Waals surface area contributed by atoms with Gasteiger partial charge in [0.05, 0.1) is 15.9 Å². The minimum absolute atomic E-state index is 0.0667. The first-order valence-electron chi connectivity index (χ1n) is 8.87. The number of nitriles is 1. The fourth-order valence-corrected chi connectivity index (χ4v) is 4.91. The highest BCUT2D eigenvalue weighted by atomic mass is 32.1. The molecule has 7 nitrogen and oxygen atoms in total. The number of nitro groups is 1. The predicted octanol–water partition coefficient (Wildman–Crippen LogP) is 4.08. The zero-order valence-electron chi connectivity index (χ0n) is 15.1. The van der Waals surface area contributed by atoms with Gasteiger partial charge in [0.2, 0.25) is 0 Å². The molecule has 1 aromatic carbocycles. The smallest absolute Gasteiger partial charge is 0.270 e. The third-order valence-corrected chi connectivity index (χ3v) is 6.08. The van der Waals surface area contributed by atoms with Gasteiger partial charge < -0.3 is 4.98 Å². The van der Waals surface area contributed by atoms with Crippen LogP contribution in [-0.2, 0) is 12.8 Å². The van der Waals surface area contributed by atoms with Crippen molar-refractivity contribution in [2.45, 2.75) is 26.2 Å². The molecule has 1 N–H and O–H groups in total. The normalized spacial score (nSPS) is 16.6. The van der Waals surface area contributed by atoms with Gasteiger partial charge in [-0.25, -0.2) is 4.98 Å². The molecular weight excluding hydrogens is 376 g/mol. The average Bonchev–Trinajstić information content (AvgIpc) is 3.04. The number of non-ortho nitro benzene ring substituents is 1. The molecule has 1 aliphatic carbocycles. The molecule has 1 aliphatic rings. The van der Waals surface area contributed by atoms with Crippen molar-refractivity contribution in [2.75, 3.05) is 0 Å². The van der Waals surface area contributed by atoms with E-state index in [0.29, 0.717) is 21.7 Å². The number of rotatable bonds is 3. The predicted molar refractivity (Wildman–Crippen MR) is 108 cm³/mol. The lowest BCUT2D eigenvalue weighted by Gasteiger charge is -2.17. The van der Waals surface area contributed by atoms with E-state index in [0.717, 1.165) is 24.8 Å². The number of allylic oxidation sites excluding steroid dienone is 1. The average molecular weight is 392 g/mol. The van der Waals surface area contributed by atoms with Crippen LogP contribution in [0.4, 0.5) is 5.69 Å². The van der Waals surface area contributed by atoms with Crippen LogP contribution in [0.15, 0.2) is 29.1 Å². The van der Waals surface area contributed by atoms with Crippen molar-refractivity contribution in [1.29, 1.82) is 5.26 Å². The summed E-state index contributed by atoms with van der Waals surface area (Å²) >= 11 is 1.52. The molecule has 3 aromatic rings. The highest BCUT2D eigenvalue weighted by Gasteiger charge is 2.23. The van der Waals surface area contributed by atoms with Gasteiger partial charge in [-0.1, -0.05) is 19.1 Å². The van der Waals surface area contributed by atoms with Crippen molar-refractivity contribution in [3.05, 3.63) is 66.6 Å². The molecule has 0 fully saturated rings. The van der Waals surface area contributed by atoms with Crippen LogP contribution < -0.4 is 5.56 Å². The topological polar surface area (TPSA) is 113 Å². The van der Waals surface area contributed by atoms with Gasteiger partial charge in [0.25, 0.3) is 11.2 Å². The van der Waals surface area contributed by atoms with E-state index in [9.17, 15) is 20.2 Å². The van der Waals surface area contributed by atoms with E-state index < -0.39 is 4.92 Å². The molecule has 1 atom stereocenters. The Labute approximate surface area is 164 Å². The van der Waals surface area contributed by atoms with E-state index in [-0.39, 0.29) is 22.6 Å². The van der Waals surface area contributed by atoms with Gasteiger partial charge in [0, 0.05) is 17.0 Å². The molecule has 2 aromatic heterocycles. The zero-order valence-corrected chi connectivity index (χ0v) is 15.9. The van der Waals surface area contributed by atoms with Crippen molar-refractivity contribution in [2.24, 2.45) is 5.92 Å². The Morgan fingerprint density at radius 1 is 1.50 bits per heavy atom. The quantitative estimate of drug-likeness (QED) is 0.410. The largest absolute Gasteiger partial charge is 0.305 e. The second-order valence-corrected chi connectivity index (χ2v) is 8.05. The standard InChI is InChI=1S/C20H16N4O3S/c1-11-5-6-15-16(7-11)28-20-17(15)19(25)22-18(23-20)13(10-21)8-12-3-2-4-14(9-12)24(26)27/h2-4,8-9,11H,5-7H2,1H3,(H,22,23,25)/b13-8+. The van der Waals surface area contributed by atoms with E-state index >= 15 is 0 Å². The number of aromatic amines is 1. The van der Waals surface area contributed by atoms with Gasteiger partial charge in [-0.2, -0.15) is 5.26 Å². The second kappa shape index (κ2) is 7.02. The summed E-state index contributed by atoms with van der Waals surface area (Å²) in [5, 5.41) is 21.1. The maximum atomic E-state index is 12.7. The summed E-state index contributed by atoms with van der Waals surface area (Å²) in [5.41, 5.74) is 1.42. The van der Waals surface area contributed by atoms with Crippen LogP contribution >= 0.6 is 11.3 Å². The number of nitrogens with zero attached hydrogens (tertiary/aromatic N) is 3. The number of thiophene rings is 1. The highest BCUT2D eigenvalue weighted by molar-refractivity contribution is 7.18. The molecule has 1 unspecified atom stereocenters. The number of fused-ring (bicyclic) bond motifs is 3. The summed E-state index contributed by atoms with van der Waals surface area (Å²) in [6, 6.07) is 8.00. The molecule has 0 bridgehead atoms. The second-order valence-electron chi connectivity index (χ2n) is 6.97. The van der Waals surface area contributed by atoms with Crippen molar-refractivity contribution >= 4 is 38.9 Å². The van der Waals surface area contributed by atoms with Gasteiger partial charge in [-0.15, -0.1) is 11.3 Å². The SMILES string of the molecule is CC1CCc2c(sc3nc(/C(C#N)=C/c4cccc([N+](=O)[O-])c4)[nH]c(=O)c23)C1. The molecule has 8 heteroatoms. The zero-order chi connectivity index (χ0) is 19.8. The molecule has 0 spiro atoms. The Bertz CT molecular complexity index is 1230. The van der Waals surface area contributed by atoms with Gasteiger partial charge in [-0.05, 0) is 42.4 Å². The minimum Gasteiger partial charge on any atom is -0.305 e. The van der Waals surface area contributed by atoms with Crippen LogP contribution in [-0.4, -0.2) is 14.9 Å². The van der Waals surface area contributed by atoms with Crippen LogP contribution in [0.3, 0.4) is 0 Å². The van der Waals surface area contributed by atoms with Crippen molar-refractivity contribution in [3.63, 3.8) is 0 Å². The number of nitrogens with one attached hydrogen (secondary N) is 1. The lowest BCUT2D eigenvalue weighted by molar-refractivity contribution is -0.384. The van der Waals surface area contributed by atoms with E-state index in [2.05, 4.69) is 16.9 Å². The van der Waals surface area contributed by atoms with Crippen LogP contribution in [0.5, 0.6) is 0 Å². The van der Waals surface area contributed by atoms with Crippen molar-refractivity contribution < 1.29 is 4.92 Å². The van der Waals surface area contributed by atoms with Crippen molar-refractivity contribution in [1.82, 2.24) is 9.97 Å². The summed E-state index contributed by atoms with van der Waals surface area (Å²) in [4.78, 5) is 32.3. The molecular formula is C20H16N4O3S. The number of nitro benzene ring substituents is 1. The van der Waals surface area contributed by atoms with Gasteiger partial charge in [0.15, 0.2) is 5.82 Å². The Hall–Kier alpha value is -3.31. The van der Waals surface area contributed by atoms with E-state index in [1.165, 1.54) is 34.4 Å². The molecule has 0 saturated carbocycles. The number of aromatic nitrogens is 2. The summed E-state index contributed by atoms with van der Waals surface area (Å²) in [7, 11) is 0. The van der Waals surface area contributed by atoms with Crippen LogP contribution in [0.2, 0.25) is 0 Å². The molecule has 0 radical (unpaired) electrons. The summed E-state index contributed by atoms with van der Waals surface area (Å²) in [6.45, 7) is 2.20. The number of hydrogen-bond acceptors (Lipinski definition) is 6. The lowest BCUT2D eigenvalue weighted by Crippen LogP contribution is -2.14. The Morgan fingerprint density at radius 3 is 3.07 bits per heavy atom. The minimum atomic E-state index is -0.493. The van der Waals surface area contributed by atoms with Crippen molar-refractivity contribution in [3.8, 4) is 6.07 Å². The van der Waals surface area contributed by atoms with Gasteiger partial charge in [0.1, 0.15) is 10.9 Å². The fourth-order valence-electron chi connectivity index (χ4n) is 3.52. The molecule has 28 heavy (non-hydrogen) atoms. The highest BCUT2D eigenvalue weighted by Crippen LogP contribution is 2.36. The third-order valence-electron chi connectivity index (χ3n) is 4.93. The Kier molecular flexibility index (Phi) is 4.53. The molecule has 0 saturated heterocycles. The third kappa shape index (κ3) is 3.21. The lowest BCUT2D eigenvalue weighted by atomic mass is 9.89. The number of aryl methyl sites for hydroxylation is 1. The molecule has 0 amide bonds. The maximum absolute atomic E-state index is 12.7. The Morgan fingerprint density at radius 2 is 2.32 bits per heavy atom. The Balaban J connectivity index is 1.81. The molecule has 0 aliphatic heterocycles. The molecule has 4 rings (SSSR count). The van der Waals surface area contributed by atoms with E-state index in [1.807, 2.05) is 6.07 Å². The summed E-state index contributed by atoms with van der Waals surface area (Å²) < 4.78 is 0. The van der Waals surface area contributed by atoms with E-state index in [1.54, 1.807) is 12.1 Å². The summed E-state index contributed by atoms with van der Waals surface area (Å²) in [6.07, 6.45) is 4.36. The first kappa shape index (κ1) is 18.1. The summed E-state index contributed by atoms with van der Waals surface area (Å²) in [5.74, 6) is 0.765. The fraction of sp³-hybridized carbons (Fsp3) is 0.250. The van der Waals surface area contributed by atoms with E-state index in [4.69, 9.17) is 0 Å². The van der Waals surface area contributed by atoms with Crippen LogP contribution in [0.1, 0.15) is 35.2 Å². The first-order chi connectivity index (χ1) is 13.5. The first-order valence-corrected chi connectivity index (χ1v) is 9.69. The molecule has 2 heterocycles. The number of H-pyrrole nitrogens is 1. The van der Waals surface area contributed by atoms with Crippen LogP contribution in [0, 0.1) is 27.4 Å². The maximum Gasteiger partial charge on any atom is 0.270 e. The molecule has 140 valence electrons. The monoisotopic (exact) mass is 392 g/mol.